The van der Waals surface area contributed by atoms with Gasteiger partial charge in [-0.2, -0.15) is 0 Å². The summed E-state index contributed by atoms with van der Waals surface area (Å²) in [5, 5.41) is 3.21. The fourth-order valence-corrected chi connectivity index (χ4v) is 3.77. The minimum Gasteiger partial charge on any atom is -0.454 e. The van der Waals surface area contributed by atoms with Gasteiger partial charge in [-0.15, -0.1) is 0 Å². The van der Waals surface area contributed by atoms with Crippen molar-refractivity contribution in [2.75, 3.05) is 16.8 Å². The quantitative estimate of drug-likeness (QED) is 0.661. The molecule has 1 aliphatic heterocycles. The molecule has 0 atom stereocenters. The Kier molecular flexibility index (Phi) is 4.79. The van der Waals surface area contributed by atoms with Crippen LogP contribution in [0.15, 0.2) is 65.7 Å². The van der Waals surface area contributed by atoms with Gasteiger partial charge >= 0.3 is 0 Å². The number of ether oxygens (including phenoxy) is 2. The number of nitrogens with zero attached hydrogens (tertiary/aromatic N) is 1. The van der Waals surface area contributed by atoms with E-state index in [0.29, 0.717) is 29.5 Å². The lowest BCUT2D eigenvalue weighted by atomic mass is 10.1. The summed E-state index contributed by atoms with van der Waals surface area (Å²) >= 11 is 0. The summed E-state index contributed by atoms with van der Waals surface area (Å²) in [6.45, 7) is 2.77. The molecule has 7 nitrogen and oxygen atoms in total. The molecule has 8 heteroatoms. The highest BCUT2D eigenvalue weighted by Crippen LogP contribution is 2.34. The lowest BCUT2D eigenvalue weighted by Gasteiger charge is -2.10. The molecule has 0 saturated carbocycles. The maximum Gasteiger partial charge on any atom is 0.262 e. The Balaban J connectivity index is 1.41. The topological polar surface area (TPSA) is 89.5 Å². The number of fused-ring (bicyclic) bond motifs is 1. The molecule has 2 heterocycles. The summed E-state index contributed by atoms with van der Waals surface area (Å²) in [6, 6.07) is 16.1. The Bertz CT molecular complexity index is 1080. The van der Waals surface area contributed by atoms with Crippen LogP contribution in [-0.4, -0.2) is 20.2 Å². The van der Waals surface area contributed by atoms with Gasteiger partial charge in [0.2, 0.25) is 6.79 Å². The SMILES string of the molecule is Cc1ccc(CNc2ccc(NS(=O)(=O)c3ccc4c(c3)OCO4)cn2)cc1. The maximum absolute atomic E-state index is 12.6. The first-order valence-corrected chi connectivity index (χ1v) is 10.2. The molecule has 4 rings (SSSR count). The average Bonchev–Trinajstić information content (AvgIpc) is 3.16. The third kappa shape index (κ3) is 4.01. The van der Waals surface area contributed by atoms with Crippen molar-refractivity contribution in [3.63, 3.8) is 0 Å². The molecule has 0 bridgehead atoms. The molecule has 0 radical (unpaired) electrons. The number of aromatic nitrogens is 1. The molecule has 3 aromatic rings. The summed E-state index contributed by atoms with van der Waals surface area (Å²) in [5.41, 5.74) is 2.72. The zero-order valence-electron chi connectivity index (χ0n) is 15.2. The van der Waals surface area contributed by atoms with Crippen molar-refractivity contribution in [1.82, 2.24) is 4.98 Å². The zero-order valence-corrected chi connectivity index (χ0v) is 16.0. The molecule has 0 aliphatic carbocycles. The highest BCUT2D eigenvalue weighted by atomic mass is 32.2. The predicted octanol–water partition coefficient (Wildman–Crippen LogP) is 3.53. The first-order valence-electron chi connectivity index (χ1n) is 8.67. The Morgan fingerprint density at radius 1 is 1.00 bits per heavy atom. The number of anilines is 2. The van der Waals surface area contributed by atoms with Crippen LogP contribution in [0.1, 0.15) is 11.1 Å². The molecular formula is C20H19N3O4S. The molecule has 0 saturated heterocycles. The van der Waals surface area contributed by atoms with E-state index < -0.39 is 10.0 Å². The number of hydrogen-bond donors (Lipinski definition) is 2. The second-order valence-electron chi connectivity index (χ2n) is 6.39. The van der Waals surface area contributed by atoms with E-state index >= 15 is 0 Å². The number of benzene rings is 2. The standard InChI is InChI=1S/C20H19N3O4S/c1-14-2-4-15(5-3-14)11-21-20-9-6-16(12-22-20)23-28(24,25)17-7-8-18-19(10-17)27-13-26-18/h2-10,12,23H,11,13H2,1H3,(H,21,22). The van der Waals surface area contributed by atoms with Crippen LogP contribution in [0.25, 0.3) is 0 Å². The number of pyridine rings is 1. The molecule has 144 valence electrons. The van der Waals surface area contributed by atoms with Gasteiger partial charge in [0.15, 0.2) is 11.5 Å². The van der Waals surface area contributed by atoms with Crippen LogP contribution in [0.5, 0.6) is 11.5 Å². The van der Waals surface area contributed by atoms with Crippen molar-refractivity contribution in [2.24, 2.45) is 0 Å². The van der Waals surface area contributed by atoms with Gasteiger partial charge in [-0.3, -0.25) is 4.72 Å². The number of sulfonamides is 1. The maximum atomic E-state index is 12.6. The molecule has 0 fully saturated rings. The minimum atomic E-state index is -3.75. The van der Waals surface area contributed by atoms with Gasteiger partial charge in [0.1, 0.15) is 5.82 Å². The highest BCUT2D eigenvalue weighted by molar-refractivity contribution is 7.92. The van der Waals surface area contributed by atoms with Gasteiger partial charge in [-0.1, -0.05) is 29.8 Å². The molecular weight excluding hydrogens is 378 g/mol. The smallest absolute Gasteiger partial charge is 0.262 e. The lowest BCUT2D eigenvalue weighted by molar-refractivity contribution is 0.174. The third-order valence-corrected chi connectivity index (χ3v) is 5.64. The summed E-state index contributed by atoms with van der Waals surface area (Å²) < 4.78 is 38.1. The summed E-state index contributed by atoms with van der Waals surface area (Å²) in [4.78, 5) is 4.36. The van der Waals surface area contributed by atoms with Crippen LogP contribution in [0.3, 0.4) is 0 Å². The van der Waals surface area contributed by atoms with E-state index in [9.17, 15) is 8.42 Å². The molecule has 2 aromatic carbocycles. The van der Waals surface area contributed by atoms with E-state index in [0.717, 1.165) is 5.56 Å². The van der Waals surface area contributed by atoms with Crippen molar-refractivity contribution in [3.05, 3.63) is 71.9 Å². The van der Waals surface area contributed by atoms with Crippen LogP contribution in [0.2, 0.25) is 0 Å². The number of aryl methyl sites for hydroxylation is 1. The summed E-state index contributed by atoms with van der Waals surface area (Å²) in [7, 11) is -3.75. The highest BCUT2D eigenvalue weighted by Gasteiger charge is 2.20. The van der Waals surface area contributed by atoms with Crippen molar-refractivity contribution >= 4 is 21.5 Å². The van der Waals surface area contributed by atoms with Gasteiger partial charge < -0.3 is 14.8 Å². The molecule has 1 aromatic heterocycles. The van der Waals surface area contributed by atoms with E-state index in [2.05, 4.69) is 39.3 Å². The van der Waals surface area contributed by atoms with Gasteiger partial charge in [0.25, 0.3) is 10.0 Å². The predicted molar refractivity (Wildman–Crippen MR) is 106 cm³/mol. The lowest BCUT2D eigenvalue weighted by Crippen LogP contribution is -2.13. The van der Waals surface area contributed by atoms with Crippen LogP contribution in [0, 0.1) is 6.92 Å². The first-order chi connectivity index (χ1) is 13.5. The fourth-order valence-electron chi connectivity index (χ4n) is 2.72. The molecule has 0 unspecified atom stereocenters. The van der Waals surface area contributed by atoms with E-state index in [4.69, 9.17) is 9.47 Å². The third-order valence-electron chi connectivity index (χ3n) is 4.26. The van der Waals surface area contributed by atoms with E-state index in [1.54, 1.807) is 18.2 Å². The summed E-state index contributed by atoms with van der Waals surface area (Å²) in [5.74, 6) is 1.60. The fraction of sp³-hybridized carbons (Fsp3) is 0.150. The molecule has 2 N–H and O–H groups in total. The van der Waals surface area contributed by atoms with Crippen molar-refractivity contribution in [1.29, 1.82) is 0 Å². The van der Waals surface area contributed by atoms with Crippen LogP contribution < -0.4 is 19.5 Å². The average molecular weight is 397 g/mol. The van der Waals surface area contributed by atoms with Crippen LogP contribution >= 0.6 is 0 Å². The molecule has 28 heavy (non-hydrogen) atoms. The Hall–Kier alpha value is -3.26. The van der Waals surface area contributed by atoms with Crippen molar-refractivity contribution < 1.29 is 17.9 Å². The summed E-state index contributed by atoms with van der Waals surface area (Å²) in [6.07, 6.45) is 1.47. The minimum absolute atomic E-state index is 0.0905. The number of rotatable bonds is 6. The Labute approximate surface area is 163 Å². The van der Waals surface area contributed by atoms with Gasteiger partial charge in [0.05, 0.1) is 16.8 Å². The second-order valence-corrected chi connectivity index (χ2v) is 8.07. The number of hydrogen-bond acceptors (Lipinski definition) is 6. The van der Waals surface area contributed by atoms with Gasteiger partial charge in [-0.25, -0.2) is 13.4 Å². The normalized spacial score (nSPS) is 12.6. The Morgan fingerprint density at radius 3 is 2.54 bits per heavy atom. The molecule has 1 aliphatic rings. The number of nitrogens with one attached hydrogen (secondary N) is 2. The van der Waals surface area contributed by atoms with Crippen molar-refractivity contribution in [2.45, 2.75) is 18.4 Å². The van der Waals surface area contributed by atoms with E-state index in [-0.39, 0.29) is 11.7 Å². The van der Waals surface area contributed by atoms with E-state index in [1.165, 1.54) is 23.9 Å². The van der Waals surface area contributed by atoms with Gasteiger partial charge in [0, 0.05) is 12.6 Å². The molecule has 0 amide bonds. The first kappa shape index (κ1) is 18.1. The largest absolute Gasteiger partial charge is 0.454 e. The second kappa shape index (κ2) is 7.40. The van der Waals surface area contributed by atoms with Crippen molar-refractivity contribution in [3.8, 4) is 11.5 Å². The zero-order chi connectivity index (χ0) is 19.6. The van der Waals surface area contributed by atoms with Crippen LogP contribution in [0.4, 0.5) is 11.5 Å². The monoisotopic (exact) mass is 397 g/mol. The molecule has 0 spiro atoms. The van der Waals surface area contributed by atoms with Gasteiger partial charge in [-0.05, 0) is 36.8 Å². The van der Waals surface area contributed by atoms with E-state index in [1.807, 2.05) is 6.92 Å². The van der Waals surface area contributed by atoms with Crippen LogP contribution in [-0.2, 0) is 16.6 Å². The Morgan fingerprint density at radius 2 is 1.79 bits per heavy atom.